The van der Waals surface area contributed by atoms with Gasteiger partial charge in [0.25, 0.3) is 5.91 Å². The van der Waals surface area contributed by atoms with Gasteiger partial charge in [0.1, 0.15) is 12.1 Å². The van der Waals surface area contributed by atoms with Crippen LogP contribution in [0.5, 0.6) is 0 Å². The van der Waals surface area contributed by atoms with E-state index >= 15 is 0 Å². The molecule has 0 aliphatic carbocycles. The van der Waals surface area contributed by atoms with Crippen molar-refractivity contribution in [3.05, 3.63) is 60.2 Å². The molecule has 2 aliphatic rings. The number of aliphatic hydroxyl groups excluding tert-OH is 1. The van der Waals surface area contributed by atoms with Gasteiger partial charge in [0, 0.05) is 11.6 Å². The van der Waals surface area contributed by atoms with Gasteiger partial charge in [-0.25, -0.2) is 8.42 Å². The fraction of sp³-hybridized carbons (Fsp3) is 0.407. The summed E-state index contributed by atoms with van der Waals surface area (Å²) in [5.74, 6) is -2.21. The number of carbonyl (C=O) groups is 4. The Kier molecular flexibility index (Phi) is 8.66. The topological polar surface area (TPSA) is 162 Å². The Bertz CT molecular complexity index is 1410. The first-order valence-electron chi connectivity index (χ1n) is 12.7. The van der Waals surface area contributed by atoms with Crippen LogP contribution in [-0.2, 0) is 24.4 Å². The molecule has 2 aromatic carbocycles. The molecule has 1 saturated heterocycles. The van der Waals surface area contributed by atoms with Gasteiger partial charge < -0.3 is 20.6 Å². The molecule has 4 N–H and O–H groups in total. The van der Waals surface area contributed by atoms with E-state index in [4.69, 9.17) is 0 Å². The molecule has 11 nitrogen and oxygen atoms in total. The molecule has 1 fully saturated rings. The largest absolute Gasteiger partial charge is 0.394 e. The minimum atomic E-state index is -3.79. The maximum Gasteiger partial charge on any atom is 0.251 e. The van der Waals surface area contributed by atoms with E-state index in [2.05, 4.69) is 10.6 Å². The number of carbonyl (C=O) groups excluding carboxylic acids is 4. The number of fused-ring (bicyclic) bond motifs is 2. The summed E-state index contributed by atoms with van der Waals surface area (Å²) in [6, 6.07) is 9.91. The van der Waals surface area contributed by atoms with Crippen LogP contribution in [0.4, 0.5) is 0 Å². The number of aliphatic hydroxyl groups is 1. The van der Waals surface area contributed by atoms with Gasteiger partial charge in [-0.05, 0) is 48.6 Å². The highest BCUT2D eigenvalue weighted by Crippen LogP contribution is 2.30. The minimum Gasteiger partial charge on any atom is -0.394 e. The van der Waals surface area contributed by atoms with Gasteiger partial charge in [0.15, 0.2) is 0 Å². The molecule has 4 amide bonds. The van der Waals surface area contributed by atoms with Crippen LogP contribution in [0, 0.1) is 0 Å². The van der Waals surface area contributed by atoms with Crippen LogP contribution in [0.25, 0.3) is 10.8 Å². The van der Waals surface area contributed by atoms with E-state index in [1.807, 2.05) is 42.5 Å². The van der Waals surface area contributed by atoms with Gasteiger partial charge in [-0.1, -0.05) is 42.5 Å². The Labute approximate surface area is 226 Å². The second kappa shape index (κ2) is 12.0. The van der Waals surface area contributed by atoms with Crippen molar-refractivity contribution in [2.75, 3.05) is 12.9 Å². The third kappa shape index (κ3) is 7.01. The Morgan fingerprint density at radius 2 is 1.77 bits per heavy atom. The maximum atomic E-state index is 13.7. The molecule has 12 heteroatoms. The van der Waals surface area contributed by atoms with Crippen LogP contribution in [0.1, 0.15) is 42.5 Å². The predicted octanol–water partition coefficient (Wildman–Crippen LogP) is 0.591. The molecule has 2 aliphatic heterocycles. The number of rotatable bonds is 8. The minimum absolute atomic E-state index is 0.244. The van der Waals surface area contributed by atoms with Crippen LogP contribution in [0.2, 0.25) is 0 Å². The summed E-state index contributed by atoms with van der Waals surface area (Å²) in [5.41, 5.74) is 0.415. The number of hydrogen-bond donors (Lipinski definition) is 4. The van der Waals surface area contributed by atoms with E-state index in [9.17, 15) is 32.7 Å². The predicted molar refractivity (Wildman–Crippen MR) is 144 cm³/mol. The second-order valence-corrected chi connectivity index (χ2v) is 11.7. The normalized spacial score (nSPS) is 22.8. The Hall–Kier alpha value is -3.77. The fourth-order valence-corrected chi connectivity index (χ4v) is 5.59. The first-order valence-corrected chi connectivity index (χ1v) is 14.6. The van der Waals surface area contributed by atoms with Crippen molar-refractivity contribution >= 4 is 44.4 Å². The molecule has 4 unspecified atom stereocenters. The highest BCUT2D eigenvalue weighted by molar-refractivity contribution is 7.89. The van der Waals surface area contributed by atoms with Crippen molar-refractivity contribution in [2.45, 2.75) is 56.3 Å². The summed E-state index contributed by atoms with van der Waals surface area (Å²) in [7, 11) is -3.79. The number of hydrogen-bond acceptors (Lipinski definition) is 7. The molecule has 39 heavy (non-hydrogen) atoms. The molecular formula is C27H32N4O7S. The summed E-state index contributed by atoms with van der Waals surface area (Å²) in [6.45, 7) is -0.597. The first kappa shape index (κ1) is 28.2. The number of nitrogens with one attached hydrogen (secondary N) is 3. The molecule has 2 heterocycles. The molecular weight excluding hydrogens is 524 g/mol. The molecule has 4 atom stereocenters. The average Bonchev–Trinajstić information content (AvgIpc) is 3.30. The van der Waals surface area contributed by atoms with Crippen LogP contribution >= 0.6 is 0 Å². The SMILES string of the molecule is CS(=O)(=O)NC(=O)CC(CO)NC(=O)C1CCC2C/C=C\CC(NC(=O)c3ccc4ccccc4c3)C(=O)N21. The third-order valence-electron chi connectivity index (χ3n) is 6.92. The maximum absolute atomic E-state index is 13.7. The van der Waals surface area contributed by atoms with Crippen LogP contribution in [0.3, 0.4) is 0 Å². The van der Waals surface area contributed by atoms with E-state index in [-0.39, 0.29) is 18.4 Å². The molecule has 0 spiro atoms. The quantitative estimate of drug-likeness (QED) is 0.346. The number of benzene rings is 2. The van der Waals surface area contributed by atoms with Crippen LogP contribution in [-0.4, -0.2) is 79.1 Å². The van der Waals surface area contributed by atoms with Crippen molar-refractivity contribution in [1.82, 2.24) is 20.3 Å². The molecule has 4 rings (SSSR count). The zero-order valence-corrected chi connectivity index (χ0v) is 22.3. The molecule has 208 valence electrons. The van der Waals surface area contributed by atoms with Gasteiger partial charge in [-0.15, -0.1) is 0 Å². The monoisotopic (exact) mass is 556 g/mol. The van der Waals surface area contributed by atoms with E-state index < -0.39 is 58.9 Å². The Morgan fingerprint density at radius 1 is 1.05 bits per heavy atom. The fourth-order valence-electron chi connectivity index (χ4n) is 5.10. The number of amides is 4. The van der Waals surface area contributed by atoms with Gasteiger partial charge in [0.05, 0.1) is 25.3 Å². The lowest BCUT2D eigenvalue weighted by Crippen LogP contribution is -2.57. The van der Waals surface area contributed by atoms with Gasteiger partial charge >= 0.3 is 0 Å². The smallest absolute Gasteiger partial charge is 0.251 e. The lowest BCUT2D eigenvalue weighted by Gasteiger charge is -2.34. The summed E-state index contributed by atoms with van der Waals surface area (Å²) in [4.78, 5) is 53.4. The van der Waals surface area contributed by atoms with Crippen molar-refractivity contribution in [1.29, 1.82) is 0 Å². The Balaban J connectivity index is 1.47. The lowest BCUT2D eigenvalue weighted by molar-refractivity contribution is -0.142. The molecule has 0 bridgehead atoms. The highest BCUT2D eigenvalue weighted by atomic mass is 32.2. The zero-order valence-electron chi connectivity index (χ0n) is 21.5. The lowest BCUT2D eigenvalue weighted by atomic mass is 10.0. The van der Waals surface area contributed by atoms with E-state index in [1.165, 1.54) is 4.90 Å². The molecule has 0 saturated carbocycles. The summed E-state index contributed by atoms with van der Waals surface area (Å²) >= 11 is 0. The van der Waals surface area contributed by atoms with E-state index in [1.54, 1.807) is 16.9 Å². The van der Waals surface area contributed by atoms with Gasteiger partial charge in [0.2, 0.25) is 27.7 Å². The first-order chi connectivity index (χ1) is 18.6. The number of sulfonamides is 1. The third-order valence-corrected chi connectivity index (χ3v) is 7.52. The average molecular weight is 557 g/mol. The molecule has 2 aromatic rings. The van der Waals surface area contributed by atoms with Crippen LogP contribution in [0.15, 0.2) is 54.6 Å². The Morgan fingerprint density at radius 3 is 2.49 bits per heavy atom. The van der Waals surface area contributed by atoms with Crippen molar-refractivity contribution in [3.8, 4) is 0 Å². The molecule has 0 radical (unpaired) electrons. The summed E-state index contributed by atoms with van der Waals surface area (Å²) in [5, 5.41) is 16.9. The van der Waals surface area contributed by atoms with Gasteiger partial charge in [-0.2, -0.15) is 0 Å². The van der Waals surface area contributed by atoms with Crippen molar-refractivity contribution in [3.63, 3.8) is 0 Å². The zero-order chi connectivity index (χ0) is 28.2. The van der Waals surface area contributed by atoms with Gasteiger partial charge in [-0.3, -0.25) is 23.9 Å². The standard InChI is InChI=1S/C27H32N4O7S/c1-39(37,38)30-24(33)15-20(16-32)28-26(35)23-13-12-21-8-4-5-9-22(27(36)31(21)23)29-25(34)19-11-10-17-6-2-3-7-18(17)14-19/h2-7,10-11,14,20-23,32H,8-9,12-13,15-16H2,1H3,(H,28,35)(H,29,34)(H,30,33)/b5-4-. The second-order valence-electron chi connectivity index (χ2n) is 9.91. The summed E-state index contributed by atoms with van der Waals surface area (Å²) < 4.78 is 24.4. The van der Waals surface area contributed by atoms with E-state index in [0.717, 1.165) is 17.0 Å². The van der Waals surface area contributed by atoms with Crippen molar-refractivity contribution < 1.29 is 32.7 Å². The summed E-state index contributed by atoms with van der Waals surface area (Å²) in [6.07, 6.45) is 5.93. The number of nitrogens with zero attached hydrogens (tertiary/aromatic N) is 1. The molecule has 0 aromatic heterocycles. The van der Waals surface area contributed by atoms with Crippen LogP contribution < -0.4 is 15.4 Å². The van der Waals surface area contributed by atoms with Crippen molar-refractivity contribution in [2.24, 2.45) is 0 Å². The highest BCUT2D eigenvalue weighted by Gasteiger charge is 2.43. The van der Waals surface area contributed by atoms with E-state index in [0.29, 0.717) is 24.8 Å².